The van der Waals surface area contributed by atoms with Gasteiger partial charge in [0, 0.05) is 60.5 Å². The highest BCUT2D eigenvalue weighted by Gasteiger charge is 2.41. The van der Waals surface area contributed by atoms with Gasteiger partial charge in [-0.3, -0.25) is 9.80 Å². The Labute approximate surface area is 246 Å². The number of nitrogens with one attached hydrogen (secondary N) is 1. The van der Waals surface area contributed by atoms with Crippen molar-refractivity contribution in [3.8, 4) is 17.2 Å². The molecule has 2 unspecified atom stereocenters. The second kappa shape index (κ2) is 11.8. The largest absolute Gasteiger partial charge is 0.321 e. The molecule has 0 bridgehead atoms. The number of benzene rings is 3. The number of halogens is 2. The molecule has 1 saturated carbocycles. The lowest BCUT2D eigenvalue weighted by Gasteiger charge is -2.52. The molecule has 0 aromatic heterocycles. The Morgan fingerprint density at radius 1 is 0.850 bits per heavy atom. The van der Waals surface area contributed by atoms with Crippen molar-refractivity contribution >= 4 is 34.9 Å². The number of rotatable bonds is 4. The van der Waals surface area contributed by atoms with E-state index in [0.717, 1.165) is 30.8 Å². The van der Waals surface area contributed by atoms with Crippen LogP contribution in [0.4, 0.5) is 10.5 Å². The highest BCUT2D eigenvalue weighted by molar-refractivity contribution is 6.35. The van der Waals surface area contributed by atoms with Gasteiger partial charge in [-0.05, 0) is 59.9 Å². The molecule has 2 amide bonds. The number of nitriles is 1. The Balaban J connectivity index is 1.25. The quantitative estimate of drug-likeness (QED) is 0.363. The number of piperazine rings is 2. The fourth-order valence-corrected chi connectivity index (χ4v) is 7.19. The Morgan fingerprint density at radius 2 is 1.60 bits per heavy atom. The maximum atomic E-state index is 13.5. The van der Waals surface area contributed by atoms with E-state index in [9.17, 15) is 10.1 Å². The first-order valence-electron chi connectivity index (χ1n) is 14.1. The molecule has 6 nitrogen and oxygen atoms in total. The highest BCUT2D eigenvalue weighted by Crippen LogP contribution is 2.35. The van der Waals surface area contributed by atoms with Crippen LogP contribution >= 0.6 is 23.2 Å². The van der Waals surface area contributed by atoms with Crippen LogP contribution in [0.1, 0.15) is 42.9 Å². The molecule has 0 spiro atoms. The Bertz CT molecular complexity index is 1400. The second-order valence-electron chi connectivity index (χ2n) is 11.1. The number of urea groups is 1. The van der Waals surface area contributed by atoms with Gasteiger partial charge in [0.1, 0.15) is 0 Å². The first-order valence-corrected chi connectivity index (χ1v) is 14.8. The van der Waals surface area contributed by atoms with Crippen LogP contribution in [0.15, 0.2) is 66.7 Å². The summed E-state index contributed by atoms with van der Waals surface area (Å²) in [5, 5.41) is 13.3. The zero-order chi connectivity index (χ0) is 27.6. The number of carbonyl (C=O) groups is 1. The highest BCUT2D eigenvalue weighted by atomic mass is 35.5. The molecule has 1 N–H and O–H groups in total. The van der Waals surface area contributed by atoms with Gasteiger partial charge < -0.3 is 10.2 Å². The van der Waals surface area contributed by atoms with Crippen LogP contribution in [0.5, 0.6) is 0 Å². The molecular weight excluding hydrogens is 541 g/mol. The number of hydrogen-bond donors (Lipinski definition) is 1. The molecule has 3 aliphatic rings. The zero-order valence-electron chi connectivity index (χ0n) is 22.4. The summed E-state index contributed by atoms with van der Waals surface area (Å²) in [4.78, 5) is 20.8. The average molecular weight is 575 g/mol. The lowest BCUT2D eigenvalue weighted by Crippen LogP contribution is -2.64. The molecule has 1 aliphatic carbocycles. The summed E-state index contributed by atoms with van der Waals surface area (Å²) < 4.78 is 0. The summed E-state index contributed by atoms with van der Waals surface area (Å²) in [5.74, 6) is 0. The van der Waals surface area contributed by atoms with Gasteiger partial charge in [0.2, 0.25) is 0 Å². The van der Waals surface area contributed by atoms with E-state index in [0.29, 0.717) is 40.4 Å². The second-order valence-corrected chi connectivity index (χ2v) is 12.0. The standard InChI is InChI=1S/C32H33Cl2N5O/c33-26-15-27(34)17-28(16-26)36-32(40)38-20-30-19-37(29-6-1-2-7-29)12-13-39(30)31(21-38)24-10-8-23(9-11-24)25-5-3-4-22(14-25)18-35/h3-5,8-11,14-17,29-31H,1-2,6-7,12-13,19-21H2,(H,36,40). The van der Waals surface area contributed by atoms with Gasteiger partial charge >= 0.3 is 6.03 Å². The van der Waals surface area contributed by atoms with Gasteiger partial charge in [-0.15, -0.1) is 0 Å². The first-order chi connectivity index (χ1) is 19.5. The monoisotopic (exact) mass is 573 g/mol. The predicted octanol–water partition coefficient (Wildman–Crippen LogP) is 7.05. The molecule has 3 aromatic carbocycles. The Morgan fingerprint density at radius 3 is 2.33 bits per heavy atom. The lowest BCUT2D eigenvalue weighted by atomic mass is 9.94. The van der Waals surface area contributed by atoms with Crippen molar-refractivity contribution < 1.29 is 4.79 Å². The van der Waals surface area contributed by atoms with Crippen molar-refractivity contribution in [1.29, 1.82) is 5.26 Å². The Kier molecular flexibility index (Phi) is 8.00. The van der Waals surface area contributed by atoms with Gasteiger partial charge in [-0.1, -0.05) is 72.4 Å². The van der Waals surface area contributed by atoms with Gasteiger partial charge in [-0.2, -0.15) is 5.26 Å². The van der Waals surface area contributed by atoms with Crippen LogP contribution in [0, 0.1) is 11.3 Å². The smallest absolute Gasteiger partial charge is 0.321 e. The molecule has 2 aliphatic heterocycles. The van der Waals surface area contributed by atoms with Crippen LogP contribution in [0.2, 0.25) is 10.0 Å². The minimum absolute atomic E-state index is 0.0951. The van der Waals surface area contributed by atoms with Crippen LogP contribution in [-0.4, -0.2) is 65.5 Å². The van der Waals surface area contributed by atoms with Gasteiger partial charge in [-0.25, -0.2) is 4.79 Å². The van der Waals surface area contributed by atoms with Crippen molar-refractivity contribution in [3.63, 3.8) is 0 Å². The third-order valence-electron chi connectivity index (χ3n) is 8.65. The minimum Gasteiger partial charge on any atom is -0.321 e. The number of amides is 2. The maximum Gasteiger partial charge on any atom is 0.321 e. The van der Waals surface area contributed by atoms with E-state index in [-0.39, 0.29) is 18.1 Å². The number of fused-ring (bicyclic) bond motifs is 1. The molecular formula is C32H33Cl2N5O. The van der Waals surface area contributed by atoms with Crippen LogP contribution in [-0.2, 0) is 0 Å². The molecule has 2 saturated heterocycles. The van der Waals surface area contributed by atoms with E-state index in [1.54, 1.807) is 18.2 Å². The summed E-state index contributed by atoms with van der Waals surface area (Å²) in [6.45, 7) is 4.33. The first kappa shape index (κ1) is 27.1. The SMILES string of the molecule is N#Cc1cccc(-c2ccc(C3CN(C(=O)Nc4cc(Cl)cc(Cl)c4)CC4CN(C5CCCC5)CCN43)cc2)c1. The summed E-state index contributed by atoms with van der Waals surface area (Å²) in [6.07, 6.45) is 5.20. The van der Waals surface area contributed by atoms with Crippen LogP contribution in [0.25, 0.3) is 11.1 Å². The number of nitrogens with zero attached hydrogens (tertiary/aromatic N) is 4. The van der Waals surface area contributed by atoms with E-state index in [1.165, 1.54) is 31.2 Å². The fourth-order valence-electron chi connectivity index (χ4n) is 6.67. The molecule has 40 heavy (non-hydrogen) atoms. The van der Waals surface area contributed by atoms with Crippen molar-refractivity contribution in [3.05, 3.63) is 87.9 Å². The molecule has 2 atom stereocenters. The van der Waals surface area contributed by atoms with Crippen molar-refractivity contribution in [2.45, 2.75) is 43.8 Å². The summed E-state index contributed by atoms with van der Waals surface area (Å²) in [5.41, 5.74) is 4.55. The number of anilines is 1. The summed E-state index contributed by atoms with van der Waals surface area (Å²) in [7, 11) is 0. The summed E-state index contributed by atoms with van der Waals surface area (Å²) in [6, 6.07) is 24.5. The molecule has 206 valence electrons. The molecule has 0 radical (unpaired) electrons. The number of hydrogen-bond acceptors (Lipinski definition) is 4. The molecule has 8 heteroatoms. The zero-order valence-corrected chi connectivity index (χ0v) is 23.9. The summed E-state index contributed by atoms with van der Waals surface area (Å²) >= 11 is 12.4. The molecule has 2 heterocycles. The molecule has 3 aromatic rings. The van der Waals surface area contributed by atoms with Crippen molar-refractivity contribution in [2.75, 3.05) is 38.0 Å². The van der Waals surface area contributed by atoms with Gasteiger partial charge in [0.15, 0.2) is 0 Å². The predicted molar refractivity (Wildman–Crippen MR) is 161 cm³/mol. The lowest BCUT2D eigenvalue weighted by molar-refractivity contribution is -0.0251. The van der Waals surface area contributed by atoms with Gasteiger partial charge in [0.05, 0.1) is 17.7 Å². The van der Waals surface area contributed by atoms with Crippen LogP contribution < -0.4 is 5.32 Å². The topological polar surface area (TPSA) is 62.6 Å². The maximum absolute atomic E-state index is 13.5. The van der Waals surface area contributed by atoms with E-state index in [2.05, 4.69) is 45.5 Å². The van der Waals surface area contributed by atoms with Crippen molar-refractivity contribution in [1.82, 2.24) is 14.7 Å². The van der Waals surface area contributed by atoms with Crippen molar-refractivity contribution in [2.24, 2.45) is 0 Å². The van der Waals surface area contributed by atoms with E-state index < -0.39 is 0 Å². The van der Waals surface area contributed by atoms with E-state index >= 15 is 0 Å². The molecule has 3 fully saturated rings. The average Bonchev–Trinajstić information content (AvgIpc) is 3.51. The Hall–Kier alpha value is -3.08. The van der Waals surface area contributed by atoms with Crippen LogP contribution in [0.3, 0.4) is 0 Å². The van der Waals surface area contributed by atoms with E-state index in [1.807, 2.05) is 29.2 Å². The number of carbonyl (C=O) groups excluding carboxylic acids is 1. The normalized spacial score (nSPS) is 22.1. The minimum atomic E-state index is -0.133. The van der Waals surface area contributed by atoms with E-state index in [4.69, 9.17) is 23.2 Å². The third kappa shape index (κ3) is 5.84. The third-order valence-corrected chi connectivity index (χ3v) is 9.08. The molecule has 6 rings (SSSR count). The fraction of sp³-hybridized carbons (Fsp3) is 0.375. The van der Waals surface area contributed by atoms with Gasteiger partial charge in [0.25, 0.3) is 0 Å².